The van der Waals surface area contributed by atoms with Gasteiger partial charge in [0.05, 0.1) is 18.2 Å². The summed E-state index contributed by atoms with van der Waals surface area (Å²) >= 11 is 1.43. The molecule has 3 N–H and O–H groups in total. The fourth-order valence-corrected chi connectivity index (χ4v) is 4.40. The summed E-state index contributed by atoms with van der Waals surface area (Å²) < 4.78 is 11.4. The minimum absolute atomic E-state index is 0.217. The first-order valence-electron chi connectivity index (χ1n) is 10.6. The number of aryl methyl sites for hydroxylation is 1. The van der Waals surface area contributed by atoms with Gasteiger partial charge in [0.1, 0.15) is 17.2 Å². The van der Waals surface area contributed by atoms with E-state index in [1.807, 2.05) is 37.3 Å². The lowest BCUT2D eigenvalue weighted by Crippen LogP contribution is -2.12. The SMILES string of the molecule is COc1cc2nccc(Oc3ccc4cc(C(=O)Nc5ncc(C)s5)ccc4c3)c2cc1C(N)=O. The molecule has 0 radical (unpaired) electrons. The van der Waals surface area contributed by atoms with E-state index in [2.05, 4.69) is 15.3 Å². The van der Waals surface area contributed by atoms with Crippen molar-refractivity contribution in [3.63, 3.8) is 0 Å². The van der Waals surface area contributed by atoms with E-state index in [1.165, 1.54) is 18.4 Å². The van der Waals surface area contributed by atoms with Crippen molar-refractivity contribution in [3.8, 4) is 17.2 Å². The van der Waals surface area contributed by atoms with Crippen molar-refractivity contribution >= 4 is 50.0 Å². The monoisotopic (exact) mass is 484 g/mol. The molecule has 2 aromatic heterocycles. The molecule has 0 saturated carbocycles. The fourth-order valence-electron chi connectivity index (χ4n) is 3.74. The molecule has 0 aliphatic rings. The highest BCUT2D eigenvalue weighted by Crippen LogP contribution is 2.34. The summed E-state index contributed by atoms with van der Waals surface area (Å²) in [5.41, 5.74) is 6.90. The van der Waals surface area contributed by atoms with Gasteiger partial charge in [-0.05, 0) is 54.1 Å². The van der Waals surface area contributed by atoms with Crippen LogP contribution in [0.15, 0.2) is 67.0 Å². The van der Waals surface area contributed by atoms with Gasteiger partial charge in [-0.3, -0.25) is 19.9 Å². The highest BCUT2D eigenvalue weighted by molar-refractivity contribution is 7.15. The maximum absolute atomic E-state index is 12.6. The summed E-state index contributed by atoms with van der Waals surface area (Å²) in [6.07, 6.45) is 3.34. The van der Waals surface area contributed by atoms with Crippen molar-refractivity contribution < 1.29 is 19.1 Å². The van der Waals surface area contributed by atoms with Crippen molar-refractivity contribution in [1.82, 2.24) is 9.97 Å². The maximum atomic E-state index is 12.6. The number of aromatic nitrogens is 2. The van der Waals surface area contributed by atoms with Crippen LogP contribution >= 0.6 is 11.3 Å². The number of nitrogens with zero attached hydrogens (tertiary/aromatic N) is 2. The Kier molecular flexibility index (Phi) is 5.76. The number of nitrogens with two attached hydrogens (primary N) is 1. The van der Waals surface area contributed by atoms with Crippen molar-refractivity contribution in [3.05, 3.63) is 83.0 Å². The number of methoxy groups -OCH3 is 1. The van der Waals surface area contributed by atoms with E-state index in [-0.39, 0.29) is 11.5 Å². The van der Waals surface area contributed by atoms with Crippen LogP contribution in [0.25, 0.3) is 21.7 Å². The number of hydrogen-bond donors (Lipinski definition) is 2. The van der Waals surface area contributed by atoms with Gasteiger partial charge in [-0.1, -0.05) is 12.1 Å². The highest BCUT2D eigenvalue weighted by Gasteiger charge is 2.15. The minimum atomic E-state index is -0.603. The number of carbonyl (C=O) groups excluding carboxylic acids is 2. The van der Waals surface area contributed by atoms with Crippen LogP contribution in [0.5, 0.6) is 17.2 Å². The van der Waals surface area contributed by atoms with E-state index in [0.29, 0.717) is 38.8 Å². The molecule has 0 unspecified atom stereocenters. The van der Waals surface area contributed by atoms with Gasteiger partial charge in [0.15, 0.2) is 5.13 Å². The van der Waals surface area contributed by atoms with Gasteiger partial charge in [0.25, 0.3) is 11.8 Å². The van der Waals surface area contributed by atoms with Crippen LogP contribution in [-0.2, 0) is 0 Å². The zero-order valence-electron chi connectivity index (χ0n) is 18.9. The molecule has 35 heavy (non-hydrogen) atoms. The molecule has 5 rings (SSSR count). The average molecular weight is 485 g/mol. The summed E-state index contributed by atoms with van der Waals surface area (Å²) in [5, 5.41) is 5.81. The van der Waals surface area contributed by atoms with Gasteiger partial charge in [-0.2, -0.15) is 0 Å². The third-order valence-corrected chi connectivity index (χ3v) is 6.26. The van der Waals surface area contributed by atoms with Gasteiger partial charge in [-0.15, -0.1) is 11.3 Å². The Labute approximate surface area is 204 Å². The lowest BCUT2D eigenvalue weighted by molar-refractivity contribution is 0.0995. The van der Waals surface area contributed by atoms with E-state index < -0.39 is 5.91 Å². The van der Waals surface area contributed by atoms with E-state index in [9.17, 15) is 9.59 Å². The molecule has 0 spiro atoms. The number of hydrogen-bond acceptors (Lipinski definition) is 7. The Hall–Kier alpha value is -4.50. The second-order valence-corrected chi connectivity index (χ2v) is 9.03. The van der Waals surface area contributed by atoms with Gasteiger partial charge in [0, 0.05) is 34.3 Å². The van der Waals surface area contributed by atoms with Crippen LogP contribution in [0, 0.1) is 6.92 Å². The second kappa shape index (κ2) is 9.03. The largest absolute Gasteiger partial charge is 0.496 e. The fraction of sp³-hybridized carbons (Fsp3) is 0.0769. The molecule has 0 aliphatic carbocycles. The summed E-state index contributed by atoms with van der Waals surface area (Å²) in [6.45, 7) is 1.94. The van der Waals surface area contributed by atoms with Gasteiger partial charge in [-0.25, -0.2) is 4.98 Å². The minimum Gasteiger partial charge on any atom is -0.496 e. The van der Waals surface area contributed by atoms with Crippen molar-refractivity contribution in [2.24, 2.45) is 5.73 Å². The van der Waals surface area contributed by atoms with E-state index in [1.54, 1.807) is 36.7 Å². The molecule has 174 valence electrons. The van der Waals surface area contributed by atoms with Gasteiger partial charge < -0.3 is 15.2 Å². The number of amides is 2. The molecule has 3 aromatic carbocycles. The molecular formula is C26H20N4O4S. The second-order valence-electron chi connectivity index (χ2n) is 7.80. The summed E-state index contributed by atoms with van der Waals surface area (Å²) in [6, 6.07) is 16.0. The Morgan fingerprint density at radius 2 is 1.77 bits per heavy atom. The molecule has 9 heteroatoms. The summed E-state index contributed by atoms with van der Waals surface area (Å²) in [5.74, 6) is 0.649. The lowest BCUT2D eigenvalue weighted by Gasteiger charge is -2.12. The van der Waals surface area contributed by atoms with Crippen LogP contribution < -0.4 is 20.5 Å². The molecule has 0 saturated heterocycles. The molecule has 2 amide bonds. The number of fused-ring (bicyclic) bond motifs is 2. The van der Waals surface area contributed by atoms with Crippen molar-refractivity contribution in [1.29, 1.82) is 0 Å². The standard InChI is InChI=1S/C26H20N4O4S/c1-14-13-29-26(35-14)30-25(32)17-4-3-16-10-18(6-5-15(16)9-17)34-22-7-8-28-21-12-23(33-2)20(24(27)31)11-19(21)22/h3-13H,1-2H3,(H2,27,31)(H,29,30,32). The molecule has 0 atom stereocenters. The topological polar surface area (TPSA) is 116 Å². The number of ether oxygens (including phenoxy) is 2. The number of anilines is 1. The number of carbonyl (C=O) groups is 2. The molecule has 8 nitrogen and oxygen atoms in total. The molecule has 2 heterocycles. The summed E-state index contributed by atoms with van der Waals surface area (Å²) in [4.78, 5) is 34.0. The first kappa shape index (κ1) is 22.3. The van der Waals surface area contributed by atoms with E-state index in [4.69, 9.17) is 15.2 Å². The third kappa shape index (κ3) is 4.49. The molecule has 0 fully saturated rings. The quantitative estimate of drug-likeness (QED) is 0.338. The zero-order chi connectivity index (χ0) is 24.5. The Bertz CT molecular complexity index is 1610. The Morgan fingerprint density at radius 1 is 0.971 bits per heavy atom. The number of primary amides is 1. The van der Waals surface area contributed by atoms with Crippen LogP contribution in [0.1, 0.15) is 25.6 Å². The number of pyridine rings is 1. The predicted octanol–water partition coefficient (Wildman–Crippen LogP) is 5.31. The van der Waals surface area contributed by atoms with Crippen LogP contribution in [-0.4, -0.2) is 28.9 Å². The van der Waals surface area contributed by atoms with Crippen LogP contribution in [0.4, 0.5) is 5.13 Å². The zero-order valence-corrected chi connectivity index (χ0v) is 19.7. The lowest BCUT2D eigenvalue weighted by atomic mass is 10.1. The Balaban J connectivity index is 1.44. The van der Waals surface area contributed by atoms with Crippen LogP contribution in [0.3, 0.4) is 0 Å². The highest BCUT2D eigenvalue weighted by atomic mass is 32.1. The number of thiazole rings is 1. The van der Waals surface area contributed by atoms with E-state index in [0.717, 1.165) is 15.6 Å². The normalized spacial score (nSPS) is 10.9. The van der Waals surface area contributed by atoms with E-state index >= 15 is 0 Å². The number of nitrogens with one attached hydrogen (secondary N) is 1. The molecule has 0 aliphatic heterocycles. The first-order valence-corrected chi connectivity index (χ1v) is 11.4. The molecular weight excluding hydrogens is 464 g/mol. The predicted molar refractivity (Wildman–Crippen MR) is 136 cm³/mol. The molecule has 0 bridgehead atoms. The average Bonchev–Trinajstić information content (AvgIpc) is 3.27. The maximum Gasteiger partial charge on any atom is 0.257 e. The third-order valence-electron chi connectivity index (χ3n) is 5.43. The van der Waals surface area contributed by atoms with Gasteiger partial charge in [0.2, 0.25) is 0 Å². The first-order chi connectivity index (χ1) is 16.9. The Morgan fingerprint density at radius 3 is 2.51 bits per heavy atom. The molecule has 5 aromatic rings. The van der Waals surface area contributed by atoms with Crippen molar-refractivity contribution in [2.75, 3.05) is 12.4 Å². The number of rotatable bonds is 6. The number of benzene rings is 3. The van der Waals surface area contributed by atoms with Crippen LogP contribution in [0.2, 0.25) is 0 Å². The smallest absolute Gasteiger partial charge is 0.257 e. The summed E-state index contributed by atoms with van der Waals surface area (Å²) in [7, 11) is 1.47. The van der Waals surface area contributed by atoms with Gasteiger partial charge >= 0.3 is 0 Å². The van der Waals surface area contributed by atoms with Crippen molar-refractivity contribution in [2.45, 2.75) is 6.92 Å².